The van der Waals surface area contributed by atoms with E-state index in [1.165, 1.54) is 32.1 Å². The summed E-state index contributed by atoms with van der Waals surface area (Å²) in [6.07, 6.45) is 5.73. The molecule has 1 aliphatic heterocycles. The first-order chi connectivity index (χ1) is 7.62. The second-order valence-corrected chi connectivity index (χ2v) is 5.14. The van der Waals surface area contributed by atoms with E-state index in [0.29, 0.717) is 13.1 Å². The van der Waals surface area contributed by atoms with Crippen molar-refractivity contribution >= 4 is 5.84 Å². The van der Waals surface area contributed by atoms with Crippen LogP contribution in [0.4, 0.5) is 0 Å². The van der Waals surface area contributed by atoms with Crippen LogP contribution in [0.5, 0.6) is 0 Å². The molecular formula is C13H26N2O. The Balaban J connectivity index is 2.67. The molecule has 0 aromatic rings. The van der Waals surface area contributed by atoms with Gasteiger partial charge in [-0.25, -0.2) is 0 Å². The minimum absolute atomic E-state index is 0.185. The highest BCUT2D eigenvalue weighted by Gasteiger charge is 2.31. The fourth-order valence-corrected chi connectivity index (χ4v) is 2.42. The third-order valence-corrected chi connectivity index (χ3v) is 3.42. The zero-order valence-electron chi connectivity index (χ0n) is 10.9. The van der Waals surface area contributed by atoms with Gasteiger partial charge in [0, 0.05) is 12.0 Å². The zero-order valence-corrected chi connectivity index (χ0v) is 10.9. The van der Waals surface area contributed by atoms with Crippen molar-refractivity contribution in [1.29, 1.82) is 0 Å². The molecule has 0 fully saturated rings. The Morgan fingerprint density at radius 3 is 2.62 bits per heavy atom. The molecule has 0 aliphatic carbocycles. The first-order valence-corrected chi connectivity index (χ1v) is 6.59. The molecule has 0 saturated heterocycles. The smallest absolute Gasteiger partial charge is 0.102 e. The summed E-state index contributed by atoms with van der Waals surface area (Å²) in [5, 5.41) is 12.7. The number of aliphatic hydroxyl groups is 1. The fourth-order valence-electron chi connectivity index (χ4n) is 2.42. The highest BCUT2D eigenvalue weighted by molar-refractivity contribution is 5.88. The summed E-state index contributed by atoms with van der Waals surface area (Å²) in [6.45, 7) is 7.97. The first kappa shape index (κ1) is 13.5. The second-order valence-electron chi connectivity index (χ2n) is 5.14. The molecule has 1 heterocycles. The van der Waals surface area contributed by atoms with E-state index >= 15 is 0 Å². The number of aliphatic imine (C=N–C) groups is 1. The highest BCUT2D eigenvalue weighted by atomic mass is 16.3. The van der Waals surface area contributed by atoms with Gasteiger partial charge >= 0.3 is 0 Å². The Labute approximate surface area is 99.4 Å². The van der Waals surface area contributed by atoms with Crippen molar-refractivity contribution in [2.24, 2.45) is 10.4 Å². The summed E-state index contributed by atoms with van der Waals surface area (Å²) in [6, 6.07) is 0. The standard InChI is InChI=1S/C13H26N2O/c1-4-6-8-13(3,7-5-2)12-14-9-11(16)10-15-12/h11,16H,4-10H2,1-3H3,(H,14,15). The van der Waals surface area contributed by atoms with Gasteiger partial charge in [0.25, 0.3) is 0 Å². The van der Waals surface area contributed by atoms with Gasteiger partial charge in [0.15, 0.2) is 0 Å². The van der Waals surface area contributed by atoms with Crippen molar-refractivity contribution in [3.63, 3.8) is 0 Å². The lowest BCUT2D eigenvalue weighted by Gasteiger charge is -2.34. The Hall–Kier alpha value is -0.570. The molecule has 0 aromatic heterocycles. The molecule has 94 valence electrons. The highest BCUT2D eigenvalue weighted by Crippen LogP contribution is 2.31. The van der Waals surface area contributed by atoms with Crippen LogP contribution in [-0.4, -0.2) is 30.1 Å². The Bertz CT molecular complexity index is 240. The van der Waals surface area contributed by atoms with Crippen LogP contribution in [0.15, 0.2) is 4.99 Å². The number of hydrogen-bond donors (Lipinski definition) is 2. The third-order valence-electron chi connectivity index (χ3n) is 3.42. The molecule has 2 unspecified atom stereocenters. The molecule has 3 nitrogen and oxygen atoms in total. The number of β-amino-alcohol motifs (C(OH)–C–C–N with tert-alkyl or cyclic N) is 1. The van der Waals surface area contributed by atoms with E-state index in [1.807, 2.05) is 0 Å². The van der Waals surface area contributed by atoms with Gasteiger partial charge < -0.3 is 10.4 Å². The lowest BCUT2D eigenvalue weighted by atomic mass is 9.79. The second kappa shape index (κ2) is 6.24. The number of nitrogens with zero attached hydrogens (tertiary/aromatic N) is 1. The normalized spacial score (nSPS) is 24.5. The van der Waals surface area contributed by atoms with Crippen LogP contribution in [0.1, 0.15) is 52.9 Å². The molecule has 2 atom stereocenters. The summed E-state index contributed by atoms with van der Waals surface area (Å²) in [5.74, 6) is 1.12. The number of hydrogen-bond acceptors (Lipinski definition) is 3. The number of aliphatic hydroxyl groups excluding tert-OH is 1. The third kappa shape index (κ3) is 3.48. The number of rotatable bonds is 6. The van der Waals surface area contributed by atoms with Crippen molar-refractivity contribution < 1.29 is 5.11 Å². The van der Waals surface area contributed by atoms with Crippen molar-refractivity contribution in [2.45, 2.75) is 59.0 Å². The maximum absolute atomic E-state index is 9.43. The SMILES string of the molecule is CCCCC(C)(CCC)C1=NCC(O)CN1. The van der Waals surface area contributed by atoms with Crippen LogP contribution < -0.4 is 5.32 Å². The van der Waals surface area contributed by atoms with Crippen molar-refractivity contribution in [1.82, 2.24) is 5.32 Å². The van der Waals surface area contributed by atoms with Crippen LogP contribution >= 0.6 is 0 Å². The lowest BCUT2D eigenvalue weighted by Crippen LogP contribution is -2.46. The molecule has 1 aliphatic rings. The monoisotopic (exact) mass is 226 g/mol. The summed E-state index contributed by atoms with van der Waals surface area (Å²) < 4.78 is 0. The van der Waals surface area contributed by atoms with E-state index in [-0.39, 0.29) is 11.5 Å². The van der Waals surface area contributed by atoms with Gasteiger partial charge in [0.05, 0.1) is 12.6 Å². The van der Waals surface area contributed by atoms with Crippen molar-refractivity contribution in [2.75, 3.05) is 13.1 Å². The van der Waals surface area contributed by atoms with Gasteiger partial charge in [-0.15, -0.1) is 0 Å². The van der Waals surface area contributed by atoms with Gasteiger partial charge in [-0.05, 0) is 12.8 Å². The van der Waals surface area contributed by atoms with Crippen LogP contribution in [0.25, 0.3) is 0 Å². The van der Waals surface area contributed by atoms with E-state index in [4.69, 9.17) is 0 Å². The van der Waals surface area contributed by atoms with Crippen molar-refractivity contribution in [3.05, 3.63) is 0 Å². The molecule has 0 radical (unpaired) electrons. The maximum atomic E-state index is 9.43. The Morgan fingerprint density at radius 2 is 2.12 bits per heavy atom. The summed E-state index contributed by atoms with van der Waals surface area (Å²) >= 11 is 0. The zero-order chi connectivity index (χ0) is 12.0. The van der Waals surface area contributed by atoms with Crippen LogP contribution in [0.3, 0.4) is 0 Å². The van der Waals surface area contributed by atoms with Gasteiger partial charge in [0.1, 0.15) is 5.84 Å². The minimum Gasteiger partial charge on any atom is -0.389 e. The van der Waals surface area contributed by atoms with E-state index < -0.39 is 0 Å². The first-order valence-electron chi connectivity index (χ1n) is 6.59. The predicted octanol–water partition coefficient (Wildman–Crippen LogP) is 2.35. The van der Waals surface area contributed by atoms with E-state index in [1.54, 1.807) is 0 Å². The molecular weight excluding hydrogens is 200 g/mol. The largest absolute Gasteiger partial charge is 0.389 e. The molecule has 3 heteroatoms. The molecule has 2 N–H and O–H groups in total. The fraction of sp³-hybridized carbons (Fsp3) is 0.923. The predicted molar refractivity (Wildman–Crippen MR) is 68.9 cm³/mol. The summed E-state index contributed by atoms with van der Waals surface area (Å²) in [5.41, 5.74) is 0.185. The van der Waals surface area contributed by atoms with Crippen LogP contribution in [-0.2, 0) is 0 Å². The summed E-state index contributed by atoms with van der Waals surface area (Å²) in [7, 11) is 0. The molecule has 16 heavy (non-hydrogen) atoms. The van der Waals surface area contributed by atoms with Gasteiger partial charge in [-0.3, -0.25) is 4.99 Å². The molecule has 0 bridgehead atoms. The van der Waals surface area contributed by atoms with Crippen LogP contribution in [0, 0.1) is 5.41 Å². The van der Waals surface area contributed by atoms with Crippen LogP contribution in [0.2, 0.25) is 0 Å². The van der Waals surface area contributed by atoms with Gasteiger partial charge in [-0.2, -0.15) is 0 Å². The maximum Gasteiger partial charge on any atom is 0.102 e. The average Bonchev–Trinajstić information content (AvgIpc) is 2.27. The molecule has 0 aromatic carbocycles. The molecule has 1 rings (SSSR count). The summed E-state index contributed by atoms with van der Waals surface area (Å²) in [4.78, 5) is 4.51. The molecule has 0 saturated carbocycles. The van der Waals surface area contributed by atoms with E-state index in [2.05, 4.69) is 31.1 Å². The lowest BCUT2D eigenvalue weighted by molar-refractivity contribution is 0.177. The van der Waals surface area contributed by atoms with E-state index in [9.17, 15) is 5.11 Å². The number of nitrogens with one attached hydrogen (secondary N) is 1. The minimum atomic E-state index is -0.305. The van der Waals surface area contributed by atoms with Crippen molar-refractivity contribution in [3.8, 4) is 0 Å². The van der Waals surface area contributed by atoms with E-state index in [0.717, 1.165) is 5.84 Å². The average molecular weight is 226 g/mol. The Kier molecular flexibility index (Phi) is 5.26. The Morgan fingerprint density at radius 1 is 1.38 bits per heavy atom. The van der Waals surface area contributed by atoms with Gasteiger partial charge in [-0.1, -0.05) is 40.0 Å². The van der Waals surface area contributed by atoms with Gasteiger partial charge in [0.2, 0.25) is 0 Å². The molecule has 0 spiro atoms. The number of unbranched alkanes of at least 4 members (excludes halogenated alkanes) is 1. The topological polar surface area (TPSA) is 44.6 Å². The quantitative estimate of drug-likeness (QED) is 0.730. The number of amidine groups is 1. The molecule has 0 amide bonds.